The van der Waals surface area contributed by atoms with Gasteiger partial charge in [0.25, 0.3) is 0 Å². The highest BCUT2D eigenvalue weighted by Crippen LogP contribution is 2.21. The van der Waals surface area contributed by atoms with Crippen LogP contribution in [0.5, 0.6) is 0 Å². The number of rotatable bonds is 3. The van der Waals surface area contributed by atoms with Gasteiger partial charge in [0, 0.05) is 43.3 Å². The molecule has 0 unspecified atom stereocenters. The highest BCUT2D eigenvalue weighted by atomic mass is 32.1. The molecule has 1 aliphatic heterocycles. The summed E-state index contributed by atoms with van der Waals surface area (Å²) in [6, 6.07) is 1.22. The van der Waals surface area contributed by atoms with Crippen molar-refractivity contribution in [1.29, 1.82) is 0 Å². The lowest BCUT2D eigenvalue weighted by molar-refractivity contribution is -0.131. The molecule has 0 fully saturated rings. The molecule has 1 aromatic heterocycles. The molecule has 0 saturated heterocycles. The highest BCUT2D eigenvalue weighted by Gasteiger charge is 2.25. The van der Waals surface area contributed by atoms with E-state index in [1.54, 1.807) is 4.90 Å². The molecule has 0 aromatic carbocycles. The number of nitrogens with zero attached hydrogens (tertiary/aromatic N) is 1. The summed E-state index contributed by atoms with van der Waals surface area (Å²) in [4.78, 5) is 39.6. The first kappa shape index (κ1) is 14.6. The maximum Gasteiger partial charge on any atom is 0.338 e. The minimum Gasteiger partial charge on any atom is -0.465 e. The fourth-order valence-corrected chi connectivity index (χ4v) is 2.50. The molecule has 2 heterocycles. The van der Waals surface area contributed by atoms with Crippen molar-refractivity contribution in [2.45, 2.75) is 19.4 Å². The van der Waals surface area contributed by atoms with Gasteiger partial charge in [-0.05, 0) is 5.75 Å². The van der Waals surface area contributed by atoms with E-state index in [0.717, 1.165) is 0 Å². The summed E-state index contributed by atoms with van der Waals surface area (Å²) >= 11 is 4.05. The number of carbonyl (C=O) groups excluding carboxylic acids is 2. The molecule has 1 aliphatic rings. The van der Waals surface area contributed by atoms with E-state index in [1.165, 1.54) is 13.2 Å². The number of H-pyrrole nitrogens is 1. The first-order valence-corrected chi connectivity index (χ1v) is 6.92. The third-order valence-electron chi connectivity index (χ3n) is 3.30. The minimum atomic E-state index is -0.559. The predicted molar refractivity (Wildman–Crippen MR) is 76.0 cm³/mol. The van der Waals surface area contributed by atoms with Gasteiger partial charge >= 0.3 is 5.97 Å². The molecular weight excluding hydrogens is 280 g/mol. The van der Waals surface area contributed by atoms with Gasteiger partial charge in [-0.3, -0.25) is 9.59 Å². The fourth-order valence-electron chi connectivity index (χ4n) is 2.31. The Morgan fingerprint density at radius 3 is 2.90 bits per heavy atom. The van der Waals surface area contributed by atoms with Crippen LogP contribution >= 0.6 is 12.6 Å². The molecule has 0 atom stereocenters. The van der Waals surface area contributed by atoms with Crippen LogP contribution in [0.15, 0.2) is 10.9 Å². The number of esters is 1. The number of nitrogens with one attached hydrogen (secondary N) is 1. The Kier molecular flexibility index (Phi) is 4.49. The summed E-state index contributed by atoms with van der Waals surface area (Å²) < 4.78 is 4.69. The molecule has 1 N–H and O–H groups in total. The molecule has 1 aromatic rings. The molecule has 0 bridgehead atoms. The van der Waals surface area contributed by atoms with Crippen LogP contribution in [0.4, 0.5) is 0 Å². The average Bonchev–Trinajstić information content (AvgIpc) is 2.45. The van der Waals surface area contributed by atoms with Gasteiger partial charge in [0.1, 0.15) is 0 Å². The molecule has 2 rings (SSSR count). The lowest BCUT2D eigenvalue weighted by atomic mass is 10.00. The SMILES string of the molecule is COC(=O)c1cc(=O)[nH]c2c1CN(C(=O)CCS)CC2. The van der Waals surface area contributed by atoms with E-state index in [0.29, 0.717) is 42.9 Å². The number of hydrogen-bond acceptors (Lipinski definition) is 5. The third-order valence-corrected chi connectivity index (χ3v) is 3.53. The van der Waals surface area contributed by atoms with E-state index in [1.807, 2.05) is 0 Å². The molecule has 0 aliphatic carbocycles. The maximum absolute atomic E-state index is 11.9. The molecular formula is C13H16N2O4S. The highest BCUT2D eigenvalue weighted by molar-refractivity contribution is 7.80. The number of hydrogen-bond donors (Lipinski definition) is 2. The van der Waals surface area contributed by atoms with Gasteiger partial charge in [0.2, 0.25) is 11.5 Å². The molecule has 7 heteroatoms. The Balaban J connectivity index is 2.36. The second kappa shape index (κ2) is 6.13. The Labute approximate surface area is 121 Å². The Morgan fingerprint density at radius 1 is 1.50 bits per heavy atom. The van der Waals surface area contributed by atoms with Crippen molar-refractivity contribution < 1.29 is 14.3 Å². The van der Waals surface area contributed by atoms with Crippen LogP contribution in [0.2, 0.25) is 0 Å². The second-order valence-corrected chi connectivity index (χ2v) is 4.98. The number of thiol groups is 1. The smallest absolute Gasteiger partial charge is 0.338 e. The van der Waals surface area contributed by atoms with Crippen LogP contribution in [-0.4, -0.2) is 41.2 Å². The zero-order valence-corrected chi connectivity index (χ0v) is 12.0. The van der Waals surface area contributed by atoms with Crippen molar-refractivity contribution in [2.24, 2.45) is 0 Å². The topological polar surface area (TPSA) is 79.5 Å². The van der Waals surface area contributed by atoms with Crippen LogP contribution in [0.1, 0.15) is 28.0 Å². The summed E-state index contributed by atoms with van der Waals surface area (Å²) in [6.07, 6.45) is 0.878. The molecule has 0 spiro atoms. The van der Waals surface area contributed by atoms with Crippen molar-refractivity contribution >= 4 is 24.5 Å². The fraction of sp³-hybridized carbons (Fsp3) is 0.462. The summed E-state index contributed by atoms with van der Waals surface area (Å²) in [6.45, 7) is 0.837. The number of carbonyl (C=O) groups is 2. The van der Waals surface area contributed by atoms with E-state index >= 15 is 0 Å². The van der Waals surface area contributed by atoms with Gasteiger partial charge in [-0.25, -0.2) is 4.79 Å². The summed E-state index contributed by atoms with van der Waals surface area (Å²) in [5.41, 5.74) is 1.26. The van der Waals surface area contributed by atoms with Crippen LogP contribution in [0, 0.1) is 0 Å². The van der Waals surface area contributed by atoms with Crippen molar-refractivity contribution in [3.63, 3.8) is 0 Å². The summed E-state index contributed by atoms with van der Waals surface area (Å²) in [7, 11) is 1.27. The Hall–Kier alpha value is -1.76. The van der Waals surface area contributed by atoms with Gasteiger partial charge in [-0.1, -0.05) is 0 Å². The molecule has 0 saturated carbocycles. The molecule has 6 nitrogen and oxygen atoms in total. The quantitative estimate of drug-likeness (QED) is 0.624. The first-order valence-electron chi connectivity index (χ1n) is 6.29. The van der Waals surface area contributed by atoms with Crippen LogP contribution in [0.3, 0.4) is 0 Å². The molecule has 0 radical (unpaired) electrons. The zero-order valence-electron chi connectivity index (χ0n) is 11.1. The number of amides is 1. The molecule has 20 heavy (non-hydrogen) atoms. The number of ether oxygens (including phenoxy) is 1. The Bertz CT molecular complexity index is 597. The predicted octanol–water partition coefficient (Wildman–Crippen LogP) is 0.366. The van der Waals surface area contributed by atoms with Gasteiger partial charge in [0.05, 0.1) is 12.7 Å². The van der Waals surface area contributed by atoms with E-state index in [4.69, 9.17) is 4.74 Å². The first-order chi connectivity index (χ1) is 9.56. The number of aromatic nitrogens is 1. The monoisotopic (exact) mass is 296 g/mol. The largest absolute Gasteiger partial charge is 0.465 e. The molecule has 1 amide bonds. The lowest BCUT2D eigenvalue weighted by Gasteiger charge is -2.29. The maximum atomic E-state index is 11.9. The van der Waals surface area contributed by atoms with Crippen molar-refractivity contribution in [1.82, 2.24) is 9.88 Å². The third kappa shape index (κ3) is 2.87. The minimum absolute atomic E-state index is 0.00679. The second-order valence-electron chi connectivity index (χ2n) is 4.53. The number of pyridine rings is 1. The zero-order chi connectivity index (χ0) is 14.7. The van der Waals surface area contributed by atoms with Gasteiger partial charge in [0.15, 0.2) is 0 Å². The van der Waals surface area contributed by atoms with Gasteiger partial charge in [-0.15, -0.1) is 0 Å². The normalized spacial score (nSPS) is 13.8. The van der Waals surface area contributed by atoms with E-state index in [2.05, 4.69) is 17.6 Å². The standard InChI is InChI=1S/C13H16N2O4S/c1-19-13(18)8-6-11(16)14-10-2-4-15(7-9(8)10)12(17)3-5-20/h6,20H,2-5,7H2,1H3,(H,14,16). The summed E-state index contributed by atoms with van der Waals surface area (Å²) in [5.74, 6) is -0.0824. The van der Waals surface area contributed by atoms with Crippen molar-refractivity contribution in [3.05, 3.63) is 33.2 Å². The van der Waals surface area contributed by atoms with Crippen LogP contribution < -0.4 is 5.56 Å². The number of fused-ring (bicyclic) bond motifs is 1. The summed E-state index contributed by atoms with van der Waals surface area (Å²) in [5, 5.41) is 0. The average molecular weight is 296 g/mol. The number of methoxy groups -OCH3 is 1. The van der Waals surface area contributed by atoms with E-state index < -0.39 is 5.97 Å². The van der Waals surface area contributed by atoms with E-state index in [-0.39, 0.29) is 17.0 Å². The number of aromatic amines is 1. The van der Waals surface area contributed by atoms with Crippen molar-refractivity contribution in [2.75, 3.05) is 19.4 Å². The van der Waals surface area contributed by atoms with Crippen LogP contribution in [-0.2, 0) is 22.5 Å². The van der Waals surface area contributed by atoms with Crippen molar-refractivity contribution in [3.8, 4) is 0 Å². The Morgan fingerprint density at radius 2 is 2.25 bits per heavy atom. The van der Waals surface area contributed by atoms with Crippen LogP contribution in [0.25, 0.3) is 0 Å². The lowest BCUT2D eigenvalue weighted by Crippen LogP contribution is -2.38. The van der Waals surface area contributed by atoms with Gasteiger partial charge < -0.3 is 14.6 Å². The van der Waals surface area contributed by atoms with Gasteiger partial charge in [-0.2, -0.15) is 12.6 Å². The van der Waals surface area contributed by atoms with E-state index in [9.17, 15) is 14.4 Å². The molecule has 108 valence electrons.